The van der Waals surface area contributed by atoms with E-state index in [9.17, 15) is 19.8 Å². The molecule has 3 N–H and O–H groups in total. The summed E-state index contributed by atoms with van der Waals surface area (Å²) in [6, 6.07) is 14.1. The number of ether oxygens (including phenoxy) is 1. The van der Waals surface area contributed by atoms with E-state index in [0.717, 1.165) is 5.56 Å². The van der Waals surface area contributed by atoms with Gasteiger partial charge in [-0.15, -0.1) is 0 Å². The molecule has 0 fully saturated rings. The molecule has 3 rings (SSSR count). The lowest BCUT2D eigenvalue weighted by Gasteiger charge is -2.24. The van der Waals surface area contributed by atoms with Crippen LogP contribution in [0.1, 0.15) is 47.7 Å². The zero-order chi connectivity index (χ0) is 24.3. The third-order valence-electron chi connectivity index (χ3n) is 5.61. The number of aliphatic hydroxyl groups excluding tert-OH is 1. The Hall–Kier alpha value is -3.82. The summed E-state index contributed by atoms with van der Waals surface area (Å²) in [4.78, 5) is 24.9. The van der Waals surface area contributed by atoms with Gasteiger partial charge >= 0.3 is 5.97 Å². The normalized spacial score (nSPS) is 21.7. The second-order valence-corrected chi connectivity index (χ2v) is 8.26. The summed E-state index contributed by atoms with van der Waals surface area (Å²) in [6.07, 6.45) is 7.39. The molecule has 0 saturated carbocycles. The maximum atomic E-state index is 12.9. The van der Waals surface area contributed by atoms with Gasteiger partial charge in [0.05, 0.1) is 6.10 Å². The van der Waals surface area contributed by atoms with Crippen molar-refractivity contribution in [1.82, 2.24) is 5.32 Å². The number of amides is 1. The van der Waals surface area contributed by atoms with Crippen molar-refractivity contribution in [2.45, 2.75) is 44.8 Å². The first-order chi connectivity index (χ1) is 16.4. The van der Waals surface area contributed by atoms with E-state index in [1.165, 1.54) is 12.3 Å². The molecule has 0 saturated heterocycles. The summed E-state index contributed by atoms with van der Waals surface area (Å²) >= 11 is 0. The number of benzene rings is 2. The van der Waals surface area contributed by atoms with Gasteiger partial charge in [0, 0.05) is 30.5 Å². The number of allylic oxidation sites excluding steroid dienone is 2. The van der Waals surface area contributed by atoms with Gasteiger partial charge in [0.25, 0.3) is 5.91 Å². The number of phenols is 1. The molecule has 1 heterocycles. The van der Waals surface area contributed by atoms with Crippen LogP contribution < -0.4 is 5.32 Å². The highest BCUT2D eigenvalue weighted by atomic mass is 16.5. The smallest absolute Gasteiger partial charge is 0.342 e. The highest BCUT2D eigenvalue weighted by Gasteiger charge is 2.25. The van der Waals surface area contributed by atoms with E-state index in [0.29, 0.717) is 18.4 Å². The molecule has 6 heteroatoms. The molecule has 176 valence electrons. The molecule has 1 aliphatic heterocycles. The number of fused-ring (bicyclic) bond motifs is 1. The van der Waals surface area contributed by atoms with Crippen LogP contribution in [-0.2, 0) is 16.0 Å². The molecule has 1 amide bonds. The lowest BCUT2D eigenvalue weighted by molar-refractivity contribution is -0.114. The maximum Gasteiger partial charge on any atom is 0.342 e. The molecule has 3 atom stereocenters. The number of aliphatic hydroxyl groups is 1. The standard InChI is InChI=1S/C28H29NO5/c1-20-9-5-6-12-22-13-7-15-24(30)27(22)28(33)34-23(19-25(20)31)14-8-18-29-26(32)17-16-21-10-3-2-4-11-21/h2-8,10-11,13,15,18,20,23,25,30-31H,9,12,14,19H2,1H3,(H,29,32)/b6-5+,18-8+/t20-,23+,25+/m0/s1. The molecule has 0 spiro atoms. The molecule has 34 heavy (non-hydrogen) atoms. The van der Waals surface area contributed by atoms with Crippen LogP contribution in [0.3, 0.4) is 0 Å². The van der Waals surface area contributed by atoms with Crippen molar-refractivity contribution in [1.29, 1.82) is 0 Å². The van der Waals surface area contributed by atoms with Gasteiger partial charge in [-0.05, 0) is 42.5 Å². The Balaban J connectivity index is 1.68. The molecule has 0 aliphatic carbocycles. The number of rotatable bonds is 3. The van der Waals surface area contributed by atoms with Gasteiger partial charge in [-0.3, -0.25) is 4.79 Å². The van der Waals surface area contributed by atoms with Crippen LogP contribution in [0.5, 0.6) is 5.75 Å². The SMILES string of the molecule is C[C@H]1C/C=C/Cc2cccc(O)c2C(=O)O[C@H](C/C=C/NC(=O)C#Cc2ccccc2)C[C@H]1O. The fourth-order valence-corrected chi connectivity index (χ4v) is 3.62. The van der Waals surface area contributed by atoms with Crippen LogP contribution in [0.4, 0.5) is 0 Å². The number of esters is 1. The van der Waals surface area contributed by atoms with Crippen molar-refractivity contribution >= 4 is 11.9 Å². The average Bonchev–Trinajstić information content (AvgIpc) is 2.82. The molecule has 2 aromatic carbocycles. The summed E-state index contributed by atoms with van der Waals surface area (Å²) in [6.45, 7) is 1.95. The second-order valence-electron chi connectivity index (χ2n) is 8.26. The number of hydrogen-bond acceptors (Lipinski definition) is 5. The van der Waals surface area contributed by atoms with Gasteiger partial charge in [0.2, 0.25) is 0 Å². The van der Waals surface area contributed by atoms with Crippen LogP contribution in [0.25, 0.3) is 0 Å². The van der Waals surface area contributed by atoms with Crippen molar-refractivity contribution < 1.29 is 24.5 Å². The summed E-state index contributed by atoms with van der Waals surface area (Å²) in [5.74, 6) is 4.03. The van der Waals surface area contributed by atoms with E-state index in [-0.39, 0.29) is 30.1 Å². The Morgan fingerprint density at radius 2 is 1.97 bits per heavy atom. The number of cyclic esters (lactones) is 1. The Labute approximate surface area is 200 Å². The molecular formula is C28H29NO5. The van der Waals surface area contributed by atoms with Crippen LogP contribution in [0.15, 0.2) is 73.0 Å². The summed E-state index contributed by atoms with van der Waals surface area (Å²) < 4.78 is 5.69. The van der Waals surface area contributed by atoms with E-state index < -0.39 is 24.1 Å². The topological polar surface area (TPSA) is 95.9 Å². The van der Waals surface area contributed by atoms with Crippen LogP contribution in [0, 0.1) is 17.8 Å². The summed E-state index contributed by atoms with van der Waals surface area (Å²) in [7, 11) is 0. The fraction of sp³-hybridized carbons (Fsp3) is 0.286. The Morgan fingerprint density at radius 1 is 1.18 bits per heavy atom. The minimum absolute atomic E-state index is 0.0162. The molecule has 0 aromatic heterocycles. The van der Waals surface area contributed by atoms with Crippen molar-refractivity contribution in [3.8, 4) is 17.6 Å². The Morgan fingerprint density at radius 3 is 2.76 bits per heavy atom. The lowest BCUT2D eigenvalue weighted by Crippen LogP contribution is -2.28. The highest BCUT2D eigenvalue weighted by molar-refractivity contribution is 5.95. The van der Waals surface area contributed by atoms with Crippen molar-refractivity contribution in [2.75, 3.05) is 0 Å². The zero-order valence-corrected chi connectivity index (χ0v) is 19.1. The molecule has 0 unspecified atom stereocenters. The van der Waals surface area contributed by atoms with Crippen molar-refractivity contribution in [3.63, 3.8) is 0 Å². The minimum atomic E-state index is -0.676. The first kappa shape index (κ1) is 24.8. The Kier molecular flexibility index (Phi) is 9.07. The number of phenolic OH excluding ortho intramolecular Hbond substituents is 1. The maximum absolute atomic E-state index is 12.9. The van der Waals surface area contributed by atoms with Gasteiger partial charge in [-0.25, -0.2) is 4.79 Å². The second kappa shape index (κ2) is 12.4. The van der Waals surface area contributed by atoms with Gasteiger partial charge < -0.3 is 20.3 Å². The number of carbonyl (C=O) groups is 2. The van der Waals surface area contributed by atoms with E-state index in [1.54, 1.807) is 18.2 Å². The summed E-state index contributed by atoms with van der Waals surface area (Å²) in [5.41, 5.74) is 1.55. The number of carbonyl (C=O) groups excluding carboxylic acids is 2. The third-order valence-corrected chi connectivity index (χ3v) is 5.61. The van der Waals surface area contributed by atoms with Gasteiger partial charge in [0.15, 0.2) is 0 Å². The molecular weight excluding hydrogens is 430 g/mol. The summed E-state index contributed by atoms with van der Waals surface area (Å²) in [5, 5.41) is 23.4. The number of aromatic hydroxyl groups is 1. The molecule has 0 radical (unpaired) electrons. The first-order valence-electron chi connectivity index (χ1n) is 11.3. The average molecular weight is 460 g/mol. The van der Waals surface area contributed by atoms with Crippen LogP contribution in [0.2, 0.25) is 0 Å². The lowest BCUT2D eigenvalue weighted by atomic mass is 9.93. The van der Waals surface area contributed by atoms with E-state index in [4.69, 9.17) is 4.74 Å². The van der Waals surface area contributed by atoms with E-state index in [2.05, 4.69) is 17.2 Å². The highest BCUT2D eigenvalue weighted by Crippen LogP contribution is 2.26. The quantitative estimate of drug-likeness (QED) is 0.368. The van der Waals surface area contributed by atoms with Gasteiger partial charge in [-0.1, -0.05) is 61.4 Å². The number of nitrogens with one attached hydrogen (secondary N) is 1. The van der Waals surface area contributed by atoms with Crippen LogP contribution >= 0.6 is 0 Å². The van der Waals surface area contributed by atoms with Crippen molar-refractivity contribution in [3.05, 3.63) is 89.6 Å². The molecule has 0 bridgehead atoms. The van der Waals surface area contributed by atoms with Gasteiger partial charge in [-0.2, -0.15) is 0 Å². The predicted octanol–water partition coefficient (Wildman–Crippen LogP) is 3.88. The van der Waals surface area contributed by atoms with E-state index >= 15 is 0 Å². The number of hydrogen-bond donors (Lipinski definition) is 3. The van der Waals surface area contributed by atoms with Crippen molar-refractivity contribution in [2.24, 2.45) is 5.92 Å². The Bertz CT molecular complexity index is 1110. The van der Waals surface area contributed by atoms with Crippen LogP contribution in [-0.4, -0.2) is 34.3 Å². The zero-order valence-electron chi connectivity index (χ0n) is 19.1. The molecule has 1 aliphatic rings. The van der Waals surface area contributed by atoms with Gasteiger partial charge in [0.1, 0.15) is 17.4 Å². The third kappa shape index (κ3) is 7.36. The minimum Gasteiger partial charge on any atom is -0.507 e. The predicted molar refractivity (Wildman–Crippen MR) is 130 cm³/mol. The molecule has 6 nitrogen and oxygen atoms in total. The fourth-order valence-electron chi connectivity index (χ4n) is 3.62. The first-order valence-corrected chi connectivity index (χ1v) is 11.3. The van der Waals surface area contributed by atoms with E-state index in [1.807, 2.05) is 49.4 Å². The molecule has 2 aromatic rings. The largest absolute Gasteiger partial charge is 0.507 e. The monoisotopic (exact) mass is 459 g/mol.